The van der Waals surface area contributed by atoms with Gasteiger partial charge in [-0.2, -0.15) is 5.10 Å². The third-order valence-electron chi connectivity index (χ3n) is 4.10. The minimum Gasteiger partial charge on any atom is -0.461 e. The predicted molar refractivity (Wildman–Crippen MR) is 86.5 cm³/mol. The van der Waals surface area contributed by atoms with E-state index in [4.69, 9.17) is 4.74 Å². The van der Waals surface area contributed by atoms with Crippen molar-refractivity contribution in [2.75, 3.05) is 13.2 Å². The van der Waals surface area contributed by atoms with Crippen molar-refractivity contribution >= 4 is 11.9 Å². The van der Waals surface area contributed by atoms with Gasteiger partial charge in [0.25, 0.3) is 5.91 Å². The summed E-state index contributed by atoms with van der Waals surface area (Å²) >= 11 is 0. The van der Waals surface area contributed by atoms with E-state index in [2.05, 4.69) is 10.1 Å². The summed E-state index contributed by atoms with van der Waals surface area (Å²) in [6.45, 7) is 5.67. The molecule has 7 nitrogen and oxygen atoms in total. The molecule has 1 amide bonds. The van der Waals surface area contributed by atoms with Gasteiger partial charge in [0, 0.05) is 43.2 Å². The second-order valence-corrected chi connectivity index (χ2v) is 5.53. The van der Waals surface area contributed by atoms with Crippen molar-refractivity contribution in [2.24, 2.45) is 0 Å². The Bertz CT molecular complexity index is 755. The van der Waals surface area contributed by atoms with Crippen molar-refractivity contribution < 1.29 is 14.3 Å². The SMILES string of the molecule is CCOC(=O)c1nn(CC)c2c1CN(C(=O)c1cccnc1)CC2. The smallest absolute Gasteiger partial charge is 0.359 e. The number of amides is 1. The zero-order valence-corrected chi connectivity index (χ0v) is 13.9. The van der Waals surface area contributed by atoms with Crippen molar-refractivity contribution in [3.63, 3.8) is 0 Å². The van der Waals surface area contributed by atoms with Crippen LogP contribution >= 0.6 is 0 Å². The van der Waals surface area contributed by atoms with E-state index in [1.165, 1.54) is 0 Å². The monoisotopic (exact) mass is 328 g/mol. The first-order valence-corrected chi connectivity index (χ1v) is 8.10. The summed E-state index contributed by atoms with van der Waals surface area (Å²) in [5.41, 5.74) is 2.66. The molecule has 24 heavy (non-hydrogen) atoms. The quantitative estimate of drug-likeness (QED) is 0.798. The van der Waals surface area contributed by atoms with E-state index in [-0.39, 0.29) is 5.91 Å². The van der Waals surface area contributed by atoms with Gasteiger partial charge >= 0.3 is 5.97 Å². The molecule has 2 aromatic heterocycles. The molecule has 7 heteroatoms. The molecule has 0 fully saturated rings. The van der Waals surface area contributed by atoms with Gasteiger partial charge in [-0.1, -0.05) is 0 Å². The van der Waals surface area contributed by atoms with Gasteiger partial charge in [0.05, 0.1) is 18.7 Å². The number of carbonyl (C=O) groups is 2. The van der Waals surface area contributed by atoms with E-state index in [9.17, 15) is 9.59 Å². The van der Waals surface area contributed by atoms with E-state index in [1.54, 1.807) is 36.4 Å². The van der Waals surface area contributed by atoms with Crippen molar-refractivity contribution in [2.45, 2.75) is 33.4 Å². The zero-order chi connectivity index (χ0) is 17.1. The molecule has 0 saturated heterocycles. The van der Waals surface area contributed by atoms with Crippen molar-refractivity contribution in [1.82, 2.24) is 19.7 Å². The Hall–Kier alpha value is -2.70. The fraction of sp³-hybridized carbons (Fsp3) is 0.412. The Kier molecular flexibility index (Phi) is 4.59. The maximum atomic E-state index is 12.6. The minimum atomic E-state index is -0.434. The van der Waals surface area contributed by atoms with Gasteiger partial charge in [0.1, 0.15) is 0 Å². The summed E-state index contributed by atoms with van der Waals surface area (Å²) in [5.74, 6) is -0.524. The van der Waals surface area contributed by atoms with Gasteiger partial charge in [-0.25, -0.2) is 4.79 Å². The van der Waals surface area contributed by atoms with Crippen molar-refractivity contribution in [3.05, 3.63) is 47.0 Å². The molecule has 0 saturated carbocycles. The Labute approximate surface area is 140 Å². The van der Waals surface area contributed by atoms with Gasteiger partial charge in [0.2, 0.25) is 0 Å². The number of ether oxygens (including phenoxy) is 1. The number of carbonyl (C=O) groups excluding carboxylic acids is 2. The summed E-state index contributed by atoms with van der Waals surface area (Å²) in [7, 11) is 0. The molecule has 0 spiro atoms. The average molecular weight is 328 g/mol. The molecule has 0 bridgehead atoms. The first kappa shape index (κ1) is 16.2. The summed E-state index contributed by atoms with van der Waals surface area (Å²) < 4.78 is 6.93. The van der Waals surface area contributed by atoms with Crippen LogP contribution in [-0.2, 0) is 24.2 Å². The average Bonchev–Trinajstić information content (AvgIpc) is 3.00. The highest BCUT2D eigenvalue weighted by Crippen LogP contribution is 2.24. The first-order chi connectivity index (χ1) is 11.7. The number of hydrogen-bond donors (Lipinski definition) is 0. The van der Waals surface area contributed by atoms with E-state index in [0.717, 1.165) is 11.3 Å². The lowest BCUT2D eigenvalue weighted by Crippen LogP contribution is -2.36. The van der Waals surface area contributed by atoms with E-state index >= 15 is 0 Å². The Balaban J connectivity index is 1.90. The molecule has 0 aliphatic carbocycles. The number of fused-ring (bicyclic) bond motifs is 1. The third-order valence-corrected chi connectivity index (χ3v) is 4.10. The maximum absolute atomic E-state index is 12.6. The molecule has 3 rings (SSSR count). The summed E-state index contributed by atoms with van der Waals surface area (Å²) in [6.07, 6.45) is 3.86. The third kappa shape index (κ3) is 2.89. The molecule has 2 aromatic rings. The van der Waals surface area contributed by atoms with Gasteiger partial charge < -0.3 is 9.64 Å². The van der Waals surface area contributed by atoms with Gasteiger partial charge in [-0.15, -0.1) is 0 Å². The van der Waals surface area contributed by atoms with Crippen LogP contribution in [0.3, 0.4) is 0 Å². The molecule has 0 radical (unpaired) electrons. The van der Waals surface area contributed by atoms with Crippen LogP contribution in [-0.4, -0.2) is 44.7 Å². The highest BCUT2D eigenvalue weighted by Gasteiger charge is 2.30. The van der Waals surface area contributed by atoms with E-state index in [1.807, 2.05) is 11.6 Å². The molecule has 0 unspecified atom stereocenters. The second kappa shape index (κ2) is 6.82. The lowest BCUT2D eigenvalue weighted by molar-refractivity contribution is 0.0513. The Morgan fingerprint density at radius 2 is 2.17 bits per heavy atom. The highest BCUT2D eigenvalue weighted by atomic mass is 16.5. The molecule has 1 aliphatic heterocycles. The molecular formula is C17H20N4O3. The van der Waals surface area contributed by atoms with Crippen LogP contribution in [0.4, 0.5) is 0 Å². The topological polar surface area (TPSA) is 77.3 Å². The lowest BCUT2D eigenvalue weighted by atomic mass is 10.0. The molecular weight excluding hydrogens is 308 g/mol. The fourth-order valence-corrected chi connectivity index (χ4v) is 2.96. The normalized spacial score (nSPS) is 13.5. The van der Waals surface area contributed by atoms with Crippen LogP contribution in [0.5, 0.6) is 0 Å². The van der Waals surface area contributed by atoms with E-state index < -0.39 is 5.97 Å². The Morgan fingerprint density at radius 1 is 1.33 bits per heavy atom. The molecule has 0 N–H and O–H groups in total. The lowest BCUT2D eigenvalue weighted by Gasteiger charge is -2.27. The predicted octanol–water partition coefficient (Wildman–Crippen LogP) is 1.67. The van der Waals surface area contributed by atoms with Gasteiger partial charge in [0.15, 0.2) is 5.69 Å². The summed E-state index contributed by atoms with van der Waals surface area (Å²) in [5, 5.41) is 4.39. The maximum Gasteiger partial charge on any atom is 0.359 e. The molecule has 3 heterocycles. The number of rotatable bonds is 4. The van der Waals surface area contributed by atoms with Crippen LogP contribution < -0.4 is 0 Å². The largest absolute Gasteiger partial charge is 0.461 e. The van der Waals surface area contributed by atoms with Gasteiger partial charge in [-0.3, -0.25) is 14.5 Å². The number of esters is 1. The number of aryl methyl sites for hydroxylation is 1. The zero-order valence-electron chi connectivity index (χ0n) is 13.9. The van der Waals surface area contributed by atoms with Crippen LogP contribution in [0, 0.1) is 0 Å². The van der Waals surface area contributed by atoms with E-state index in [0.29, 0.717) is 43.9 Å². The molecule has 126 valence electrons. The van der Waals surface area contributed by atoms with Crippen LogP contribution in [0.2, 0.25) is 0 Å². The van der Waals surface area contributed by atoms with Gasteiger partial charge in [-0.05, 0) is 26.0 Å². The minimum absolute atomic E-state index is 0.0900. The van der Waals surface area contributed by atoms with Crippen molar-refractivity contribution in [1.29, 1.82) is 0 Å². The van der Waals surface area contributed by atoms with Crippen LogP contribution in [0.25, 0.3) is 0 Å². The number of pyridine rings is 1. The fourth-order valence-electron chi connectivity index (χ4n) is 2.96. The number of nitrogens with zero attached hydrogens (tertiary/aromatic N) is 4. The Morgan fingerprint density at radius 3 is 2.83 bits per heavy atom. The summed E-state index contributed by atoms with van der Waals surface area (Å²) in [4.78, 5) is 30.5. The molecule has 0 atom stereocenters. The summed E-state index contributed by atoms with van der Waals surface area (Å²) in [6, 6.07) is 3.48. The highest BCUT2D eigenvalue weighted by molar-refractivity contribution is 5.94. The van der Waals surface area contributed by atoms with Crippen molar-refractivity contribution in [3.8, 4) is 0 Å². The number of aromatic nitrogens is 3. The first-order valence-electron chi connectivity index (χ1n) is 8.10. The standard InChI is InChI=1S/C17H20N4O3/c1-3-21-14-7-9-20(16(22)12-6-5-8-18-10-12)11-13(14)15(19-21)17(23)24-4-2/h5-6,8,10H,3-4,7,9,11H2,1-2H3. The molecule has 1 aliphatic rings. The van der Waals surface area contributed by atoms with Crippen LogP contribution in [0.15, 0.2) is 24.5 Å². The second-order valence-electron chi connectivity index (χ2n) is 5.53. The van der Waals surface area contributed by atoms with Crippen LogP contribution in [0.1, 0.15) is 46.0 Å². The number of hydrogen-bond acceptors (Lipinski definition) is 5. The molecule has 0 aromatic carbocycles.